The largest absolute Gasteiger partial charge is 0.416 e. The molecule has 8 heteroatoms. The van der Waals surface area contributed by atoms with E-state index in [2.05, 4.69) is 22.2 Å². The number of amides is 1. The molecule has 1 aromatic carbocycles. The molecule has 0 aliphatic carbocycles. The van der Waals surface area contributed by atoms with Crippen LogP contribution in [0.5, 0.6) is 0 Å². The molecule has 0 spiro atoms. The number of rotatable bonds is 9. The molecule has 0 unspecified atom stereocenters. The first-order valence-corrected chi connectivity index (χ1v) is 11.0. The number of nitrogens with zero attached hydrogens (tertiary/aromatic N) is 3. The van der Waals surface area contributed by atoms with Crippen LogP contribution in [0.2, 0.25) is 0 Å². The monoisotopic (exact) mass is 436 g/mol. The van der Waals surface area contributed by atoms with Gasteiger partial charge >= 0.3 is 6.18 Å². The van der Waals surface area contributed by atoms with Crippen molar-refractivity contribution in [2.75, 3.05) is 13.1 Å². The number of piperidine rings is 1. The molecule has 1 aromatic heterocycles. The van der Waals surface area contributed by atoms with Crippen molar-refractivity contribution >= 4 is 5.91 Å². The lowest BCUT2D eigenvalue weighted by atomic mass is 9.91. The van der Waals surface area contributed by atoms with E-state index in [-0.39, 0.29) is 12.5 Å². The highest BCUT2D eigenvalue weighted by Crippen LogP contribution is 2.29. The molecule has 1 aliphatic rings. The smallest absolute Gasteiger partial charge is 0.352 e. The zero-order valence-corrected chi connectivity index (χ0v) is 17.9. The lowest BCUT2D eigenvalue weighted by Gasteiger charge is -2.36. The summed E-state index contributed by atoms with van der Waals surface area (Å²) >= 11 is 0. The zero-order valence-electron chi connectivity index (χ0n) is 17.9. The van der Waals surface area contributed by atoms with E-state index in [0.717, 1.165) is 57.5 Å². The van der Waals surface area contributed by atoms with Crippen LogP contribution >= 0.6 is 0 Å². The van der Waals surface area contributed by atoms with Crippen LogP contribution in [0, 0.1) is 5.92 Å². The first-order valence-electron chi connectivity index (χ1n) is 11.0. The highest BCUT2D eigenvalue weighted by molar-refractivity contribution is 5.75. The second-order valence-corrected chi connectivity index (χ2v) is 8.40. The van der Waals surface area contributed by atoms with Crippen molar-refractivity contribution in [1.82, 2.24) is 20.0 Å². The van der Waals surface area contributed by atoms with Crippen LogP contribution in [0.4, 0.5) is 13.2 Å². The lowest BCUT2D eigenvalue weighted by molar-refractivity contribution is -0.137. The maximum absolute atomic E-state index is 12.8. The van der Waals surface area contributed by atoms with Crippen molar-refractivity contribution in [3.63, 3.8) is 0 Å². The Morgan fingerprint density at radius 3 is 2.71 bits per heavy atom. The van der Waals surface area contributed by atoms with Gasteiger partial charge in [0, 0.05) is 37.9 Å². The van der Waals surface area contributed by atoms with Crippen LogP contribution in [0.3, 0.4) is 0 Å². The predicted octanol–water partition coefficient (Wildman–Crippen LogP) is 4.49. The van der Waals surface area contributed by atoms with Gasteiger partial charge in [-0.05, 0) is 75.4 Å². The van der Waals surface area contributed by atoms with Crippen LogP contribution in [0.1, 0.15) is 50.2 Å². The third-order valence-corrected chi connectivity index (χ3v) is 6.13. The summed E-state index contributed by atoms with van der Waals surface area (Å²) in [5, 5.41) is 7.00. The number of nitrogens with one attached hydrogen (secondary N) is 1. The third kappa shape index (κ3) is 7.38. The van der Waals surface area contributed by atoms with Crippen molar-refractivity contribution in [2.45, 2.75) is 64.3 Å². The first-order chi connectivity index (χ1) is 14.8. The van der Waals surface area contributed by atoms with E-state index in [9.17, 15) is 18.0 Å². The van der Waals surface area contributed by atoms with E-state index in [4.69, 9.17) is 0 Å². The maximum atomic E-state index is 12.8. The van der Waals surface area contributed by atoms with Gasteiger partial charge in [-0.15, -0.1) is 0 Å². The summed E-state index contributed by atoms with van der Waals surface area (Å²) in [6, 6.07) is 7.53. The molecule has 170 valence electrons. The third-order valence-electron chi connectivity index (χ3n) is 6.13. The van der Waals surface area contributed by atoms with Gasteiger partial charge in [-0.3, -0.25) is 9.48 Å². The molecule has 1 fully saturated rings. The second-order valence-electron chi connectivity index (χ2n) is 8.40. The van der Waals surface area contributed by atoms with Crippen molar-refractivity contribution in [3.8, 4) is 0 Å². The molecule has 3 rings (SSSR count). The van der Waals surface area contributed by atoms with Gasteiger partial charge in [-0.1, -0.05) is 12.1 Å². The van der Waals surface area contributed by atoms with E-state index in [1.54, 1.807) is 12.3 Å². The molecular formula is C23H31F3N4O. The molecule has 31 heavy (non-hydrogen) atoms. The molecule has 0 bridgehead atoms. The summed E-state index contributed by atoms with van der Waals surface area (Å²) in [6.45, 7) is 5.37. The number of benzene rings is 1. The summed E-state index contributed by atoms with van der Waals surface area (Å²) in [4.78, 5) is 14.7. The van der Waals surface area contributed by atoms with Crippen LogP contribution in [-0.2, 0) is 24.1 Å². The Morgan fingerprint density at radius 1 is 1.26 bits per heavy atom. The Hall–Kier alpha value is -2.35. The molecule has 0 saturated carbocycles. The highest BCUT2D eigenvalue weighted by atomic mass is 19.4. The van der Waals surface area contributed by atoms with Crippen molar-refractivity contribution in [3.05, 3.63) is 53.9 Å². The number of carbonyl (C=O) groups excluding carboxylic acids is 1. The molecule has 2 heterocycles. The maximum Gasteiger partial charge on any atom is 0.416 e. The molecule has 1 atom stereocenters. The van der Waals surface area contributed by atoms with Crippen LogP contribution in [-0.4, -0.2) is 39.7 Å². The van der Waals surface area contributed by atoms with Gasteiger partial charge in [-0.25, -0.2) is 0 Å². The number of hydrogen-bond donors (Lipinski definition) is 1. The van der Waals surface area contributed by atoms with Gasteiger partial charge in [0.15, 0.2) is 0 Å². The van der Waals surface area contributed by atoms with E-state index in [1.165, 1.54) is 6.07 Å². The molecule has 1 aliphatic heterocycles. The summed E-state index contributed by atoms with van der Waals surface area (Å²) in [6.07, 6.45) is 3.86. The second kappa shape index (κ2) is 10.8. The van der Waals surface area contributed by atoms with Crippen molar-refractivity contribution in [1.29, 1.82) is 0 Å². The number of carbonyl (C=O) groups is 1. The van der Waals surface area contributed by atoms with Crippen LogP contribution in [0.25, 0.3) is 0 Å². The minimum Gasteiger partial charge on any atom is -0.352 e. The molecule has 1 N–H and O–H groups in total. The van der Waals surface area contributed by atoms with E-state index < -0.39 is 11.7 Å². The standard InChI is InChI=1S/C23H31F3N4O/c1-18(8-15-30-12-3-11-28-30)29-13-9-19(10-14-29)6-7-22(31)27-17-20-4-2-5-21(16-20)23(24,25)26/h2-5,11-12,16,18-19H,6-10,13-15,17H2,1H3,(H,27,31)/t18-/m0/s1. The summed E-state index contributed by atoms with van der Waals surface area (Å²) < 4.78 is 40.3. The molecule has 2 aromatic rings. The zero-order chi connectivity index (χ0) is 22.3. The highest BCUT2D eigenvalue weighted by Gasteiger charge is 2.30. The van der Waals surface area contributed by atoms with Crippen LogP contribution < -0.4 is 5.32 Å². The predicted molar refractivity (Wildman–Crippen MR) is 113 cm³/mol. The van der Waals surface area contributed by atoms with Crippen molar-refractivity contribution in [2.24, 2.45) is 5.92 Å². The molecule has 1 amide bonds. The average Bonchev–Trinajstić information content (AvgIpc) is 3.28. The average molecular weight is 437 g/mol. The summed E-state index contributed by atoms with van der Waals surface area (Å²) in [7, 11) is 0. The minimum atomic E-state index is -4.37. The number of likely N-dealkylation sites (tertiary alicyclic amines) is 1. The Labute approximate surface area is 181 Å². The molecular weight excluding hydrogens is 405 g/mol. The summed E-state index contributed by atoms with van der Waals surface area (Å²) in [5.41, 5.74) is -0.231. The molecule has 0 radical (unpaired) electrons. The lowest BCUT2D eigenvalue weighted by Crippen LogP contribution is -2.40. The quantitative estimate of drug-likeness (QED) is 0.630. The van der Waals surface area contributed by atoms with E-state index in [0.29, 0.717) is 23.9 Å². The first kappa shape index (κ1) is 23.3. The van der Waals surface area contributed by atoms with Gasteiger partial charge in [0.05, 0.1) is 5.56 Å². The van der Waals surface area contributed by atoms with Gasteiger partial charge in [0.2, 0.25) is 5.91 Å². The van der Waals surface area contributed by atoms with Crippen molar-refractivity contribution < 1.29 is 18.0 Å². The fourth-order valence-corrected chi connectivity index (χ4v) is 4.10. The Kier molecular flexibility index (Phi) is 8.12. The van der Waals surface area contributed by atoms with E-state index in [1.807, 2.05) is 16.9 Å². The number of alkyl halides is 3. The number of aromatic nitrogens is 2. The van der Waals surface area contributed by atoms with Gasteiger partial charge in [-0.2, -0.15) is 18.3 Å². The van der Waals surface area contributed by atoms with Crippen LogP contribution in [0.15, 0.2) is 42.7 Å². The number of aryl methyl sites for hydroxylation is 1. The van der Waals surface area contributed by atoms with Gasteiger partial charge in [0.1, 0.15) is 0 Å². The van der Waals surface area contributed by atoms with E-state index >= 15 is 0 Å². The Morgan fingerprint density at radius 2 is 2.03 bits per heavy atom. The Bertz CT molecular complexity index is 814. The number of hydrogen-bond acceptors (Lipinski definition) is 3. The topological polar surface area (TPSA) is 50.2 Å². The molecule has 1 saturated heterocycles. The SMILES string of the molecule is C[C@@H](CCn1cccn1)N1CCC(CCC(=O)NCc2cccc(C(F)(F)F)c2)CC1. The number of halogens is 3. The normalized spacial score (nSPS) is 16.9. The van der Waals surface area contributed by atoms with Gasteiger partial charge in [0.25, 0.3) is 0 Å². The Balaban J connectivity index is 1.32. The van der Waals surface area contributed by atoms with Gasteiger partial charge < -0.3 is 10.2 Å². The fraction of sp³-hybridized carbons (Fsp3) is 0.565. The molecule has 5 nitrogen and oxygen atoms in total. The summed E-state index contributed by atoms with van der Waals surface area (Å²) in [5.74, 6) is 0.418. The fourth-order valence-electron chi connectivity index (χ4n) is 4.10. The minimum absolute atomic E-state index is 0.104.